The van der Waals surface area contributed by atoms with Crippen LogP contribution in [0.25, 0.3) is 0 Å². The predicted molar refractivity (Wildman–Crippen MR) is 77.7 cm³/mol. The number of ether oxygens (including phenoxy) is 1. The number of benzene rings is 1. The van der Waals surface area contributed by atoms with Crippen LogP contribution in [0.3, 0.4) is 0 Å². The van der Waals surface area contributed by atoms with Crippen LogP contribution >= 0.6 is 22.6 Å². The summed E-state index contributed by atoms with van der Waals surface area (Å²) in [6, 6.07) is 10.4. The number of rotatable bonds is 2. The van der Waals surface area contributed by atoms with Gasteiger partial charge in [-0.15, -0.1) is 0 Å². The lowest BCUT2D eigenvalue weighted by atomic mass is 9.92. The van der Waals surface area contributed by atoms with Crippen molar-refractivity contribution in [2.45, 2.75) is 41.9 Å². The second-order valence-electron chi connectivity index (χ2n) is 4.98. The van der Waals surface area contributed by atoms with Crippen LogP contribution in [-0.2, 0) is 11.3 Å². The second kappa shape index (κ2) is 5.07. The number of nitrogens with zero attached hydrogens (tertiary/aromatic N) is 1. The highest BCUT2D eigenvalue weighted by Gasteiger charge is 2.46. The number of fused-ring (bicyclic) bond motifs is 1. The van der Waals surface area contributed by atoms with Crippen molar-refractivity contribution in [3.05, 3.63) is 35.9 Å². The van der Waals surface area contributed by atoms with Crippen LogP contribution in [-0.4, -0.2) is 27.1 Å². The molecule has 0 aromatic heterocycles. The van der Waals surface area contributed by atoms with Gasteiger partial charge in [0.25, 0.3) is 0 Å². The van der Waals surface area contributed by atoms with Gasteiger partial charge < -0.3 is 4.74 Å². The number of halogens is 1. The summed E-state index contributed by atoms with van der Waals surface area (Å²) in [6.45, 7) is 0.671. The molecule has 0 N–H and O–H groups in total. The Kier molecular flexibility index (Phi) is 3.46. The summed E-state index contributed by atoms with van der Waals surface area (Å²) in [4.78, 5) is 13.9. The van der Waals surface area contributed by atoms with E-state index in [1.54, 1.807) is 0 Å². The first-order valence-corrected chi connectivity index (χ1v) is 7.65. The van der Waals surface area contributed by atoms with Gasteiger partial charge in [-0.25, -0.2) is 4.79 Å². The smallest absolute Gasteiger partial charge is 0.410 e. The van der Waals surface area contributed by atoms with Gasteiger partial charge in [0.05, 0.1) is 9.97 Å². The van der Waals surface area contributed by atoms with E-state index in [0.29, 0.717) is 10.5 Å². The molecule has 1 amide bonds. The molecule has 96 valence electrons. The molecule has 0 radical (unpaired) electrons. The maximum atomic E-state index is 12.0. The molecule has 1 aromatic rings. The highest BCUT2D eigenvalue weighted by molar-refractivity contribution is 14.1. The zero-order valence-electron chi connectivity index (χ0n) is 10.1. The third kappa shape index (κ3) is 2.22. The average Bonchev–Trinajstić information content (AvgIpc) is 2.70. The van der Waals surface area contributed by atoms with Gasteiger partial charge in [0.1, 0.15) is 6.10 Å². The first kappa shape index (κ1) is 12.3. The fourth-order valence-electron chi connectivity index (χ4n) is 2.86. The van der Waals surface area contributed by atoms with Crippen molar-refractivity contribution < 1.29 is 9.53 Å². The molecule has 3 nitrogen and oxygen atoms in total. The zero-order valence-corrected chi connectivity index (χ0v) is 12.2. The molecule has 2 fully saturated rings. The van der Waals surface area contributed by atoms with Gasteiger partial charge in [0.15, 0.2) is 0 Å². The van der Waals surface area contributed by atoms with Crippen molar-refractivity contribution >= 4 is 28.7 Å². The Morgan fingerprint density at radius 3 is 2.83 bits per heavy atom. The van der Waals surface area contributed by atoms with Crippen molar-refractivity contribution in [3.8, 4) is 0 Å². The highest BCUT2D eigenvalue weighted by Crippen LogP contribution is 2.36. The molecule has 3 atom stereocenters. The molecule has 2 aliphatic rings. The minimum Gasteiger partial charge on any atom is -0.443 e. The van der Waals surface area contributed by atoms with E-state index in [2.05, 4.69) is 34.7 Å². The molecular weight excluding hydrogens is 341 g/mol. The van der Waals surface area contributed by atoms with Crippen LogP contribution in [0.4, 0.5) is 4.79 Å². The number of hydrogen-bond acceptors (Lipinski definition) is 2. The SMILES string of the molecule is O=C1OC2[C@H](I)CCC[C@H]2N1Cc1ccccc1. The van der Waals surface area contributed by atoms with E-state index < -0.39 is 0 Å². The zero-order chi connectivity index (χ0) is 12.5. The van der Waals surface area contributed by atoms with Gasteiger partial charge in [-0.3, -0.25) is 4.90 Å². The summed E-state index contributed by atoms with van der Waals surface area (Å²) in [5.41, 5.74) is 1.17. The molecule has 1 aromatic carbocycles. The molecule has 1 unspecified atom stereocenters. The second-order valence-corrected chi connectivity index (χ2v) is 6.58. The van der Waals surface area contributed by atoms with Crippen LogP contribution in [0.15, 0.2) is 30.3 Å². The molecule has 3 rings (SSSR count). The Morgan fingerprint density at radius 1 is 1.28 bits per heavy atom. The lowest BCUT2D eigenvalue weighted by Gasteiger charge is -2.31. The lowest BCUT2D eigenvalue weighted by Crippen LogP contribution is -2.42. The van der Waals surface area contributed by atoms with Gasteiger partial charge >= 0.3 is 6.09 Å². The Morgan fingerprint density at radius 2 is 2.06 bits per heavy atom. The average molecular weight is 357 g/mol. The number of amides is 1. The van der Waals surface area contributed by atoms with E-state index in [1.165, 1.54) is 12.0 Å². The quantitative estimate of drug-likeness (QED) is 0.600. The summed E-state index contributed by atoms with van der Waals surface area (Å²) >= 11 is 2.42. The van der Waals surface area contributed by atoms with E-state index in [0.717, 1.165) is 12.8 Å². The van der Waals surface area contributed by atoms with E-state index >= 15 is 0 Å². The van der Waals surface area contributed by atoms with E-state index in [4.69, 9.17) is 4.74 Å². The van der Waals surface area contributed by atoms with E-state index in [9.17, 15) is 4.79 Å². The number of carbonyl (C=O) groups excluding carboxylic acids is 1. The van der Waals surface area contributed by atoms with Crippen LogP contribution < -0.4 is 0 Å². The molecule has 1 heterocycles. The molecule has 0 spiro atoms. The monoisotopic (exact) mass is 357 g/mol. The summed E-state index contributed by atoms with van der Waals surface area (Å²) in [5, 5.41) is 0. The van der Waals surface area contributed by atoms with Crippen LogP contribution in [0, 0.1) is 0 Å². The van der Waals surface area contributed by atoms with Crippen LogP contribution in [0.1, 0.15) is 24.8 Å². The number of alkyl halides is 1. The van der Waals surface area contributed by atoms with E-state index in [-0.39, 0.29) is 18.2 Å². The maximum Gasteiger partial charge on any atom is 0.410 e. The van der Waals surface area contributed by atoms with Crippen molar-refractivity contribution in [2.24, 2.45) is 0 Å². The van der Waals surface area contributed by atoms with Crippen molar-refractivity contribution in [1.29, 1.82) is 0 Å². The Labute approximate surface area is 121 Å². The minimum atomic E-state index is -0.141. The summed E-state index contributed by atoms with van der Waals surface area (Å²) in [7, 11) is 0. The Bertz CT molecular complexity index is 437. The van der Waals surface area contributed by atoms with Crippen LogP contribution in [0.2, 0.25) is 0 Å². The third-order valence-electron chi connectivity index (χ3n) is 3.78. The molecule has 4 heteroatoms. The van der Waals surface area contributed by atoms with Gasteiger partial charge in [0.2, 0.25) is 0 Å². The fraction of sp³-hybridized carbons (Fsp3) is 0.500. The Balaban J connectivity index is 1.77. The minimum absolute atomic E-state index is 0.0931. The van der Waals surface area contributed by atoms with Gasteiger partial charge in [-0.2, -0.15) is 0 Å². The lowest BCUT2D eigenvalue weighted by molar-refractivity contribution is 0.121. The molecule has 1 saturated heterocycles. The largest absolute Gasteiger partial charge is 0.443 e. The molecule has 1 aliphatic carbocycles. The van der Waals surface area contributed by atoms with Crippen molar-refractivity contribution in [3.63, 3.8) is 0 Å². The van der Waals surface area contributed by atoms with Crippen molar-refractivity contribution in [2.75, 3.05) is 0 Å². The predicted octanol–water partition coefficient (Wildman–Crippen LogP) is 3.36. The summed E-state index contributed by atoms with van der Waals surface area (Å²) < 4.78 is 6.01. The number of carbonyl (C=O) groups is 1. The highest BCUT2D eigenvalue weighted by atomic mass is 127. The van der Waals surface area contributed by atoms with Gasteiger partial charge in [-0.05, 0) is 18.4 Å². The fourth-order valence-corrected chi connectivity index (χ4v) is 3.93. The number of hydrogen-bond donors (Lipinski definition) is 0. The Hall–Kier alpha value is -0.780. The van der Waals surface area contributed by atoms with Gasteiger partial charge in [-0.1, -0.05) is 59.3 Å². The molecule has 0 bridgehead atoms. The molecular formula is C14H16INO2. The normalized spacial score (nSPS) is 31.1. The molecule has 1 aliphatic heterocycles. The van der Waals surface area contributed by atoms with Gasteiger partial charge in [0, 0.05) is 6.54 Å². The molecule has 1 saturated carbocycles. The summed E-state index contributed by atoms with van der Waals surface area (Å²) in [6.07, 6.45) is 3.38. The maximum absolute atomic E-state index is 12.0. The molecule has 18 heavy (non-hydrogen) atoms. The van der Waals surface area contributed by atoms with E-state index in [1.807, 2.05) is 23.1 Å². The third-order valence-corrected chi connectivity index (χ3v) is 5.11. The summed E-state index contributed by atoms with van der Waals surface area (Å²) in [5.74, 6) is 0. The first-order chi connectivity index (χ1) is 8.75. The first-order valence-electron chi connectivity index (χ1n) is 6.41. The van der Waals surface area contributed by atoms with Crippen molar-refractivity contribution in [1.82, 2.24) is 4.90 Å². The topological polar surface area (TPSA) is 29.5 Å². The van der Waals surface area contributed by atoms with Crippen LogP contribution in [0.5, 0.6) is 0 Å². The standard InChI is InChI=1S/C14H16INO2/c15-11-7-4-8-12-13(11)18-14(17)16(12)9-10-5-2-1-3-6-10/h1-3,5-6,11-13H,4,7-9H2/t11-,12-,13?/m1/s1.